The molecule has 1 aliphatic carbocycles. The Morgan fingerprint density at radius 2 is 2.26 bits per heavy atom. The molecule has 0 saturated heterocycles. The molecule has 1 aromatic carbocycles. The molecule has 4 rings (SSSR count). The smallest absolute Gasteiger partial charge is 0.318 e. The van der Waals surface area contributed by atoms with Gasteiger partial charge in [0.15, 0.2) is 0 Å². The molecule has 1 N–H and O–H groups in total. The second kappa shape index (κ2) is 5.89. The minimum atomic E-state index is -0.00437. The first-order valence-electron chi connectivity index (χ1n) is 8.03. The molecule has 2 aromatic rings. The Balaban J connectivity index is 1.49. The summed E-state index contributed by atoms with van der Waals surface area (Å²) in [5, 5.41) is 3.92. The number of rotatable bonds is 1. The number of aryl methyl sites for hydroxylation is 1. The van der Waals surface area contributed by atoms with Crippen LogP contribution in [-0.2, 0) is 19.5 Å². The van der Waals surface area contributed by atoms with Crippen molar-refractivity contribution in [2.75, 3.05) is 6.54 Å². The zero-order valence-corrected chi connectivity index (χ0v) is 13.6. The van der Waals surface area contributed by atoms with E-state index in [0.29, 0.717) is 13.1 Å². The number of nitrogens with one attached hydrogen (secondary N) is 1. The van der Waals surface area contributed by atoms with Gasteiger partial charge in [-0.3, -0.25) is 0 Å². The van der Waals surface area contributed by atoms with Gasteiger partial charge in [-0.2, -0.15) is 0 Å². The van der Waals surface area contributed by atoms with E-state index in [-0.39, 0.29) is 12.1 Å². The summed E-state index contributed by atoms with van der Waals surface area (Å²) in [5.74, 6) is 0. The molecular formula is C17H19ClN4O. The van der Waals surface area contributed by atoms with Crippen molar-refractivity contribution >= 4 is 17.6 Å². The standard InChI is InChI=1S/C17H19ClN4O/c18-13-5-4-12-2-1-3-16(15(12)8-13)20-17(23)21-6-7-22-11-19-9-14(22)10-21/h4-5,8-9,11,16H,1-3,6-7,10H2,(H,20,23)/t16-/m0/s1. The number of carbonyl (C=O) groups excluding carboxylic acids is 1. The second-order valence-electron chi connectivity index (χ2n) is 6.24. The topological polar surface area (TPSA) is 50.2 Å². The summed E-state index contributed by atoms with van der Waals surface area (Å²) in [5.41, 5.74) is 3.54. The van der Waals surface area contributed by atoms with Crippen molar-refractivity contribution in [1.82, 2.24) is 19.8 Å². The van der Waals surface area contributed by atoms with Crippen molar-refractivity contribution in [3.63, 3.8) is 0 Å². The lowest BCUT2D eigenvalue weighted by atomic mass is 9.88. The summed E-state index contributed by atoms with van der Waals surface area (Å²) in [6.07, 6.45) is 6.76. The van der Waals surface area contributed by atoms with Gasteiger partial charge in [0.25, 0.3) is 0 Å². The van der Waals surface area contributed by atoms with Gasteiger partial charge in [-0.25, -0.2) is 9.78 Å². The van der Waals surface area contributed by atoms with E-state index in [4.69, 9.17) is 11.6 Å². The van der Waals surface area contributed by atoms with Crippen LogP contribution in [0.1, 0.15) is 35.7 Å². The van der Waals surface area contributed by atoms with Crippen molar-refractivity contribution in [2.24, 2.45) is 0 Å². The highest BCUT2D eigenvalue weighted by Gasteiger charge is 2.26. The molecule has 2 amide bonds. The Kier molecular flexibility index (Phi) is 3.73. The van der Waals surface area contributed by atoms with Crippen LogP contribution in [0, 0.1) is 0 Å². The van der Waals surface area contributed by atoms with Crippen LogP contribution in [0.5, 0.6) is 0 Å². The van der Waals surface area contributed by atoms with Crippen LogP contribution >= 0.6 is 11.6 Å². The summed E-state index contributed by atoms with van der Waals surface area (Å²) >= 11 is 6.14. The van der Waals surface area contributed by atoms with Crippen LogP contribution < -0.4 is 5.32 Å². The van der Waals surface area contributed by atoms with Gasteiger partial charge >= 0.3 is 6.03 Å². The Morgan fingerprint density at radius 3 is 3.17 bits per heavy atom. The number of nitrogens with zero attached hydrogens (tertiary/aromatic N) is 3. The number of aromatic nitrogens is 2. The summed E-state index contributed by atoms with van der Waals surface area (Å²) in [4.78, 5) is 18.6. The number of fused-ring (bicyclic) bond motifs is 2. The molecule has 0 fully saturated rings. The first kappa shape index (κ1) is 14.6. The molecule has 120 valence electrons. The fourth-order valence-electron chi connectivity index (χ4n) is 3.52. The Labute approximate surface area is 140 Å². The molecule has 0 bridgehead atoms. The highest BCUT2D eigenvalue weighted by atomic mass is 35.5. The van der Waals surface area contributed by atoms with Gasteiger partial charge < -0.3 is 14.8 Å². The zero-order chi connectivity index (χ0) is 15.8. The first-order valence-corrected chi connectivity index (χ1v) is 8.41. The maximum absolute atomic E-state index is 12.6. The molecule has 2 heterocycles. The minimum absolute atomic E-state index is 0.00437. The molecule has 0 spiro atoms. The van der Waals surface area contributed by atoms with Gasteiger partial charge in [0.1, 0.15) is 0 Å². The Bertz CT molecular complexity index is 742. The van der Waals surface area contributed by atoms with E-state index in [1.165, 1.54) is 11.1 Å². The molecule has 5 nitrogen and oxygen atoms in total. The summed E-state index contributed by atoms with van der Waals surface area (Å²) in [7, 11) is 0. The van der Waals surface area contributed by atoms with Gasteiger partial charge in [-0.15, -0.1) is 0 Å². The van der Waals surface area contributed by atoms with E-state index in [1.807, 2.05) is 29.6 Å². The van der Waals surface area contributed by atoms with Gasteiger partial charge in [-0.05, 0) is 42.5 Å². The van der Waals surface area contributed by atoms with Crippen LogP contribution in [0.4, 0.5) is 4.79 Å². The maximum atomic E-state index is 12.6. The zero-order valence-electron chi connectivity index (χ0n) is 12.8. The van der Waals surface area contributed by atoms with Crippen molar-refractivity contribution in [1.29, 1.82) is 0 Å². The first-order chi connectivity index (χ1) is 11.2. The number of carbonyl (C=O) groups is 1. The predicted molar refractivity (Wildman–Crippen MR) is 88.3 cm³/mol. The van der Waals surface area contributed by atoms with Crippen LogP contribution in [0.25, 0.3) is 0 Å². The van der Waals surface area contributed by atoms with Crippen molar-refractivity contribution in [2.45, 2.75) is 38.4 Å². The third-order valence-corrected chi connectivity index (χ3v) is 5.00. The number of hydrogen-bond acceptors (Lipinski definition) is 2. The molecule has 23 heavy (non-hydrogen) atoms. The summed E-state index contributed by atoms with van der Waals surface area (Å²) in [6.45, 7) is 2.13. The van der Waals surface area contributed by atoms with E-state index in [9.17, 15) is 4.79 Å². The van der Waals surface area contributed by atoms with E-state index in [0.717, 1.165) is 36.5 Å². The van der Waals surface area contributed by atoms with Crippen LogP contribution in [-0.4, -0.2) is 27.0 Å². The molecular weight excluding hydrogens is 312 g/mol. The fourth-order valence-corrected chi connectivity index (χ4v) is 3.70. The minimum Gasteiger partial charge on any atom is -0.331 e. The van der Waals surface area contributed by atoms with Gasteiger partial charge in [-0.1, -0.05) is 17.7 Å². The average Bonchev–Trinajstić information content (AvgIpc) is 3.03. The van der Waals surface area contributed by atoms with E-state index in [1.54, 1.807) is 0 Å². The van der Waals surface area contributed by atoms with Gasteiger partial charge in [0.2, 0.25) is 0 Å². The Hall–Kier alpha value is -2.01. The lowest BCUT2D eigenvalue weighted by molar-refractivity contribution is 0.178. The summed E-state index contributed by atoms with van der Waals surface area (Å²) in [6, 6.07) is 6.05. The van der Waals surface area contributed by atoms with Crippen molar-refractivity contribution in [3.8, 4) is 0 Å². The monoisotopic (exact) mass is 330 g/mol. The average molecular weight is 331 g/mol. The van der Waals surface area contributed by atoms with E-state index < -0.39 is 0 Å². The fraction of sp³-hybridized carbons (Fsp3) is 0.412. The van der Waals surface area contributed by atoms with Crippen molar-refractivity contribution in [3.05, 3.63) is 52.6 Å². The third-order valence-electron chi connectivity index (χ3n) is 4.77. The highest BCUT2D eigenvalue weighted by Crippen LogP contribution is 2.32. The lowest BCUT2D eigenvalue weighted by Gasteiger charge is -2.32. The predicted octanol–water partition coefficient (Wildman–Crippen LogP) is 3.14. The van der Waals surface area contributed by atoms with Gasteiger partial charge in [0, 0.05) is 24.3 Å². The van der Waals surface area contributed by atoms with E-state index >= 15 is 0 Å². The van der Waals surface area contributed by atoms with E-state index in [2.05, 4.69) is 20.9 Å². The lowest BCUT2D eigenvalue weighted by Crippen LogP contribution is -2.45. The molecule has 1 atom stereocenters. The second-order valence-corrected chi connectivity index (χ2v) is 6.67. The normalized spacial score (nSPS) is 19.9. The largest absolute Gasteiger partial charge is 0.331 e. The molecule has 1 aliphatic heterocycles. The number of benzene rings is 1. The molecule has 1 aromatic heterocycles. The number of halogens is 1. The molecule has 0 saturated carbocycles. The molecule has 6 heteroatoms. The van der Waals surface area contributed by atoms with Crippen LogP contribution in [0.3, 0.4) is 0 Å². The van der Waals surface area contributed by atoms with Crippen molar-refractivity contribution < 1.29 is 4.79 Å². The molecule has 0 unspecified atom stereocenters. The quantitative estimate of drug-likeness (QED) is 0.873. The Morgan fingerprint density at radius 1 is 1.35 bits per heavy atom. The number of hydrogen-bond donors (Lipinski definition) is 1. The van der Waals surface area contributed by atoms with Gasteiger partial charge in [0.05, 0.1) is 24.6 Å². The SMILES string of the molecule is O=C(N[C@H]1CCCc2ccc(Cl)cc21)N1CCn2cncc2C1. The highest BCUT2D eigenvalue weighted by molar-refractivity contribution is 6.30. The molecule has 0 radical (unpaired) electrons. The van der Waals surface area contributed by atoms with Crippen LogP contribution in [0.2, 0.25) is 5.02 Å². The third kappa shape index (κ3) is 2.81. The number of urea groups is 1. The van der Waals surface area contributed by atoms with Crippen LogP contribution in [0.15, 0.2) is 30.7 Å². The molecule has 2 aliphatic rings. The summed E-state index contributed by atoms with van der Waals surface area (Å²) < 4.78 is 2.10. The number of imidazole rings is 1. The number of amides is 2. The maximum Gasteiger partial charge on any atom is 0.318 e.